The highest BCUT2D eigenvalue weighted by molar-refractivity contribution is 4.78. The molecular weight excluding hydrogens is 222 g/mol. The van der Waals surface area contributed by atoms with Crippen LogP contribution < -0.4 is 5.32 Å². The average molecular weight is 251 g/mol. The molecule has 0 aromatic rings. The largest absolute Gasteiger partial charge is 0.312 e. The molecular formula is C15H29N3. The zero-order valence-electron chi connectivity index (χ0n) is 12.3. The second kappa shape index (κ2) is 7.76. The molecule has 18 heavy (non-hydrogen) atoms. The van der Waals surface area contributed by atoms with Crippen molar-refractivity contribution in [2.75, 3.05) is 26.2 Å². The maximum Gasteiger partial charge on any atom is 0.0621 e. The topological polar surface area (TPSA) is 39.1 Å². The molecule has 0 radical (unpaired) electrons. The zero-order chi connectivity index (χ0) is 13.4. The molecule has 1 rings (SSSR count). The second-order valence-corrected chi connectivity index (χ2v) is 6.53. The fraction of sp³-hybridized carbons (Fsp3) is 0.933. The zero-order valence-corrected chi connectivity index (χ0v) is 12.3. The van der Waals surface area contributed by atoms with Gasteiger partial charge >= 0.3 is 0 Å². The molecule has 1 saturated heterocycles. The summed E-state index contributed by atoms with van der Waals surface area (Å²) in [6.07, 6.45) is 5.59. The summed E-state index contributed by atoms with van der Waals surface area (Å²) in [4.78, 5) is 2.56. The van der Waals surface area contributed by atoms with E-state index in [1.807, 2.05) is 0 Å². The highest BCUT2D eigenvalue weighted by atomic mass is 15.1. The van der Waals surface area contributed by atoms with E-state index in [1.54, 1.807) is 0 Å². The second-order valence-electron chi connectivity index (χ2n) is 6.53. The molecule has 0 atom stereocenters. The van der Waals surface area contributed by atoms with Gasteiger partial charge in [-0.15, -0.1) is 0 Å². The number of hydrogen-bond acceptors (Lipinski definition) is 3. The fourth-order valence-electron chi connectivity index (χ4n) is 2.40. The SMILES string of the molecule is CC(C)(C)NCC1CCN(CCCCC#N)CC1. The minimum atomic E-state index is 0.244. The summed E-state index contributed by atoms with van der Waals surface area (Å²) in [5.74, 6) is 0.847. The normalized spacial score (nSPS) is 18.8. The van der Waals surface area contributed by atoms with Gasteiger partial charge in [0.25, 0.3) is 0 Å². The Morgan fingerprint density at radius 1 is 1.22 bits per heavy atom. The third kappa shape index (κ3) is 6.98. The quantitative estimate of drug-likeness (QED) is 0.738. The predicted molar refractivity (Wildman–Crippen MR) is 76.4 cm³/mol. The summed E-state index contributed by atoms with van der Waals surface area (Å²) >= 11 is 0. The Hall–Kier alpha value is -0.590. The molecule has 1 heterocycles. The van der Waals surface area contributed by atoms with Crippen LogP contribution in [0.1, 0.15) is 52.9 Å². The van der Waals surface area contributed by atoms with Crippen LogP contribution in [0.5, 0.6) is 0 Å². The summed E-state index contributed by atoms with van der Waals surface area (Å²) in [6.45, 7) is 11.5. The third-order valence-electron chi connectivity index (χ3n) is 3.64. The summed E-state index contributed by atoms with van der Waals surface area (Å²) in [5, 5.41) is 12.1. The van der Waals surface area contributed by atoms with Gasteiger partial charge in [0.15, 0.2) is 0 Å². The van der Waals surface area contributed by atoms with E-state index in [1.165, 1.54) is 38.9 Å². The van der Waals surface area contributed by atoms with E-state index in [-0.39, 0.29) is 5.54 Å². The highest BCUT2D eigenvalue weighted by Gasteiger charge is 2.20. The minimum Gasteiger partial charge on any atom is -0.312 e. The Balaban J connectivity index is 2.08. The first kappa shape index (κ1) is 15.5. The van der Waals surface area contributed by atoms with Crippen molar-refractivity contribution in [3.63, 3.8) is 0 Å². The van der Waals surface area contributed by atoms with Crippen LogP contribution in [0.3, 0.4) is 0 Å². The van der Waals surface area contributed by atoms with Crippen molar-refractivity contribution in [3.8, 4) is 6.07 Å². The first-order valence-electron chi connectivity index (χ1n) is 7.35. The Labute approximate surface area is 113 Å². The van der Waals surface area contributed by atoms with Crippen LogP contribution in [-0.2, 0) is 0 Å². The van der Waals surface area contributed by atoms with Gasteiger partial charge in [-0.2, -0.15) is 5.26 Å². The van der Waals surface area contributed by atoms with Gasteiger partial charge in [-0.1, -0.05) is 0 Å². The van der Waals surface area contributed by atoms with Crippen molar-refractivity contribution >= 4 is 0 Å². The number of nitriles is 1. The van der Waals surface area contributed by atoms with Crippen LogP contribution in [0, 0.1) is 17.2 Å². The molecule has 0 amide bonds. The van der Waals surface area contributed by atoms with Gasteiger partial charge in [-0.25, -0.2) is 0 Å². The van der Waals surface area contributed by atoms with E-state index >= 15 is 0 Å². The van der Waals surface area contributed by atoms with E-state index in [2.05, 4.69) is 37.1 Å². The van der Waals surface area contributed by atoms with Crippen molar-refractivity contribution in [3.05, 3.63) is 0 Å². The number of nitrogens with one attached hydrogen (secondary N) is 1. The first-order chi connectivity index (χ1) is 8.51. The van der Waals surface area contributed by atoms with Crippen molar-refractivity contribution < 1.29 is 0 Å². The number of unbranched alkanes of at least 4 members (excludes halogenated alkanes) is 2. The lowest BCUT2D eigenvalue weighted by atomic mass is 9.95. The lowest BCUT2D eigenvalue weighted by Gasteiger charge is -2.33. The molecule has 0 unspecified atom stereocenters. The minimum absolute atomic E-state index is 0.244. The number of piperidine rings is 1. The molecule has 0 saturated carbocycles. The Morgan fingerprint density at radius 2 is 1.89 bits per heavy atom. The average Bonchev–Trinajstić information content (AvgIpc) is 2.33. The molecule has 0 aromatic carbocycles. The molecule has 3 nitrogen and oxygen atoms in total. The van der Waals surface area contributed by atoms with Crippen LogP contribution in [0.4, 0.5) is 0 Å². The van der Waals surface area contributed by atoms with Crippen LogP contribution in [0.2, 0.25) is 0 Å². The summed E-state index contributed by atoms with van der Waals surface area (Å²) in [6, 6.07) is 2.22. The van der Waals surface area contributed by atoms with Gasteiger partial charge in [-0.05, 0) is 78.6 Å². The van der Waals surface area contributed by atoms with Gasteiger partial charge < -0.3 is 10.2 Å². The maximum absolute atomic E-state index is 8.49. The van der Waals surface area contributed by atoms with Crippen molar-refractivity contribution in [2.24, 2.45) is 5.92 Å². The molecule has 104 valence electrons. The summed E-state index contributed by atoms with van der Waals surface area (Å²) in [7, 11) is 0. The van der Waals surface area contributed by atoms with E-state index in [0.29, 0.717) is 6.42 Å². The van der Waals surface area contributed by atoms with Gasteiger partial charge in [0.05, 0.1) is 6.07 Å². The Bertz CT molecular complexity index is 254. The maximum atomic E-state index is 8.49. The lowest BCUT2D eigenvalue weighted by molar-refractivity contribution is 0.174. The Morgan fingerprint density at radius 3 is 2.44 bits per heavy atom. The van der Waals surface area contributed by atoms with Crippen molar-refractivity contribution in [1.29, 1.82) is 5.26 Å². The van der Waals surface area contributed by atoms with Crippen molar-refractivity contribution in [1.82, 2.24) is 10.2 Å². The van der Waals surface area contributed by atoms with Gasteiger partial charge in [-0.3, -0.25) is 0 Å². The molecule has 1 fully saturated rings. The standard InChI is InChI=1S/C15H29N3/c1-15(2,3)17-13-14-7-11-18(12-8-14)10-6-4-5-9-16/h14,17H,4-8,10-13H2,1-3H3. The molecule has 3 heteroatoms. The molecule has 1 N–H and O–H groups in total. The lowest BCUT2D eigenvalue weighted by Crippen LogP contribution is -2.43. The van der Waals surface area contributed by atoms with Gasteiger partial charge in [0.1, 0.15) is 0 Å². The molecule has 1 aliphatic rings. The molecule has 0 spiro atoms. The molecule has 0 aliphatic carbocycles. The van der Waals surface area contributed by atoms with Gasteiger partial charge in [0, 0.05) is 12.0 Å². The molecule has 1 aliphatic heterocycles. The van der Waals surface area contributed by atoms with Crippen LogP contribution in [-0.4, -0.2) is 36.6 Å². The Kier molecular flexibility index (Phi) is 6.67. The van der Waals surface area contributed by atoms with Crippen LogP contribution >= 0.6 is 0 Å². The predicted octanol–water partition coefficient (Wildman–Crippen LogP) is 2.78. The van der Waals surface area contributed by atoms with Gasteiger partial charge in [0.2, 0.25) is 0 Å². The number of nitrogens with zero attached hydrogens (tertiary/aromatic N) is 2. The van der Waals surface area contributed by atoms with Crippen LogP contribution in [0.15, 0.2) is 0 Å². The molecule has 0 bridgehead atoms. The van der Waals surface area contributed by atoms with Crippen LogP contribution in [0.25, 0.3) is 0 Å². The number of likely N-dealkylation sites (tertiary alicyclic amines) is 1. The van der Waals surface area contributed by atoms with E-state index in [9.17, 15) is 0 Å². The summed E-state index contributed by atoms with van der Waals surface area (Å²) < 4.78 is 0. The van der Waals surface area contributed by atoms with Crippen molar-refractivity contribution in [2.45, 2.75) is 58.4 Å². The van der Waals surface area contributed by atoms with E-state index in [0.717, 1.165) is 18.9 Å². The van der Waals surface area contributed by atoms with E-state index in [4.69, 9.17) is 5.26 Å². The monoisotopic (exact) mass is 251 g/mol. The third-order valence-corrected chi connectivity index (χ3v) is 3.64. The first-order valence-corrected chi connectivity index (χ1v) is 7.35. The number of rotatable bonds is 6. The highest BCUT2D eigenvalue weighted by Crippen LogP contribution is 2.17. The fourth-order valence-corrected chi connectivity index (χ4v) is 2.40. The summed E-state index contributed by atoms with van der Waals surface area (Å²) in [5.41, 5.74) is 0.244. The smallest absolute Gasteiger partial charge is 0.0621 e. The molecule has 0 aromatic heterocycles. The van der Waals surface area contributed by atoms with E-state index < -0.39 is 0 Å². The number of hydrogen-bond donors (Lipinski definition) is 1.